The van der Waals surface area contributed by atoms with Crippen LogP contribution in [0, 0.1) is 0 Å². The van der Waals surface area contributed by atoms with Crippen LogP contribution in [-0.4, -0.2) is 49.4 Å². The number of carbonyl (C=O) groups is 2. The third kappa shape index (κ3) is 5.92. The number of halogens is 1. The number of nitrogens with one attached hydrogen (secondary N) is 1. The van der Waals surface area contributed by atoms with E-state index in [1.807, 2.05) is 13.0 Å². The van der Waals surface area contributed by atoms with Crippen LogP contribution in [-0.2, 0) is 11.2 Å². The molecular formula is C28H37ClN2O3. The lowest BCUT2D eigenvalue weighted by molar-refractivity contribution is -0.115. The summed E-state index contributed by atoms with van der Waals surface area (Å²) in [5.41, 5.74) is 4.44. The van der Waals surface area contributed by atoms with Crippen molar-refractivity contribution < 1.29 is 14.3 Å². The number of hydrogen-bond donors (Lipinski definition) is 1. The Kier molecular flexibility index (Phi) is 8.15. The Bertz CT molecular complexity index is 1000. The summed E-state index contributed by atoms with van der Waals surface area (Å²) in [6.07, 6.45) is 11.6. The zero-order valence-corrected chi connectivity index (χ0v) is 21.5. The molecule has 4 rings (SSSR count). The third-order valence-corrected chi connectivity index (χ3v) is 7.69. The second kappa shape index (κ2) is 11.1. The van der Waals surface area contributed by atoms with Gasteiger partial charge in [0.1, 0.15) is 5.75 Å². The first-order valence-corrected chi connectivity index (χ1v) is 13.1. The molecule has 0 unspecified atom stereocenters. The number of allylic oxidation sites excluding steroid dienone is 3. The minimum absolute atomic E-state index is 0.121. The molecule has 1 amide bonds. The molecule has 0 aromatic heterocycles. The second-order valence-electron chi connectivity index (χ2n) is 10.3. The molecule has 1 heterocycles. The summed E-state index contributed by atoms with van der Waals surface area (Å²) in [5, 5.41) is 3.52. The first-order chi connectivity index (χ1) is 16.3. The summed E-state index contributed by atoms with van der Waals surface area (Å²) in [6, 6.07) is 4.22. The molecule has 3 aliphatic rings. The number of Topliss-reactive ketones (excluding diaryl/α,β-unsaturated/α-hetero) is 1. The molecule has 1 fully saturated rings. The maximum absolute atomic E-state index is 13.3. The van der Waals surface area contributed by atoms with E-state index in [2.05, 4.69) is 30.4 Å². The minimum atomic E-state index is -0.190. The average molecular weight is 485 g/mol. The Hall–Kier alpha value is -2.11. The van der Waals surface area contributed by atoms with Crippen LogP contribution in [0.15, 0.2) is 34.9 Å². The molecule has 5 nitrogen and oxygen atoms in total. The van der Waals surface area contributed by atoms with Crippen LogP contribution in [0.25, 0.3) is 0 Å². The highest BCUT2D eigenvalue weighted by molar-refractivity contribution is 6.31. The van der Waals surface area contributed by atoms with Crippen molar-refractivity contribution in [1.29, 1.82) is 0 Å². The van der Waals surface area contributed by atoms with Gasteiger partial charge in [-0.2, -0.15) is 0 Å². The minimum Gasteiger partial charge on any atom is -0.490 e. The number of rotatable bonds is 3. The Labute approximate surface area is 208 Å². The Morgan fingerprint density at radius 2 is 1.76 bits per heavy atom. The zero-order valence-electron chi connectivity index (χ0n) is 20.7. The molecule has 1 aromatic rings. The summed E-state index contributed by atoms with van der Waals surface area (Å²) in [5.74, 6) is 0.677. The molecule has 2 aliphatic carbocycles. The molecule has 1 aromatic carbocycles. The lowest BCUT2D eigenvalue weighted by Crippen LogP contribution is -2.35. The zero-order chi connectivity index (χ0) is 24.2. The van der Waals surface area contributed by atoms with E-state index in [0.717, 1.165) is 85.8 Å². The van der Waals surface area contributed by atoms with Crippen LogP contribution in [0.5, 0.6) is 5.75 Å². The van der Waals surface area contributed by atoms with E-state index in [9.17, 15) is 9.59 Å². The summed E-state index contributed by atoms with van der Waals surface area (Å²) in [7, 11) is 4.27. The number of carbonyl (C=O) groups excluding carboxylic acids is 2. The predicted molar refractivity (Wildman–Crippen MR) is 137 cm³/mol. The molecule has 184 valence electrons. The number of amides is 1. The van der Waals surface area contributed by atoms with Gasteiger partial charge >= 0.3 is 0 Å². The van der Waals surface area contributed by atoms with Crippen molar-refractivity contribution in [1.82, 2.24) is 10.2 Å². The fraction of sp³-hybridized carbons (Fsp3) is 0.571. The molecule has 6 heteroatoms. The van der Waals surface area contributed by atoms with Gasteiger partial charge in [0.05, 0.1) is 6.10 Å². The van der Waals surface area contributed by atoms with Crippen molar-refractivity contribution in [2.24, 2.45) is 0 Å². The monoisotopic (exact) mass is 484 g/mol. The second-order valence-corrected chi connectivity index (χ2v) is 10.7. The van der Waals surface area contributed by atoms with Gasteiger partial charge in [0.15, 0.2) is 5.78 Å². The SMILES string of the molecule is CC1=CC2=C(CNC(=O)c3cc(Cl)cc(OC4CCC(N(C)C)CC4)c3CCCCC2)C(=O)C1. The fourth-order valence-electron chi connectivity index (χ4n) is 5.50. The average Bonchev–Trinajstić information content (AvgIpc) is 2.78. The van der Waals surface area contributed by atoms with Gasteiger partial charge in [-0.15, -0.1) is 0 Å². The van der Waals surface area contributed by atoms with Crippen molar-refractivity contribution >= 4 is 23.3 Å². The Morgan fingerprint density at radius 1 is 1.03 bits per heavy atom. The lowest BCUT2D eigenvalue weighted by Gasteiger charge is -2.33. The molecule has 0 atom stereocenters. The summed E-state index contributed by atoms with van der Waals surface area (Å²) >= 11 is 6.47. The van der Waals surface area contributed by atoms with Gasteiger partial charge in [-0.25, -0.2) is 0 Å². The maximum atomic E-state index is 13.3. The summed E-state index contributed by atoms with van der Waals surface area (Å²) < 4.78 is 6.50. The normalized spacial score (nSPS) is 24.4. The third-order valence-electron chi connectivity index (χ3n) is 7.47. The van der Waals surface area contributed by atoms with Crippen molar-refractivity contribution in [2.45, 2.75) is 83.3 Å². The van der Waals surface area contributed by atoms with E-state index in [4.69, 9.17) is 16.3 Å². The number of ketones is 1. The molecule has 0 radical (unpaired) electrons. The Balaban J connectivity index is 1.57. The first kappa shape index (κ1) is 25.0. The van der Waals surface area contributed by atoms with E-state index in [1.165, 1.54) is 0 Å². The van der Waals surface area contributed by atoms with Crippen molar-refractivity contribution in [2.75, 3.05) is 20.6 Å². The van der Waals surface area contributed by atoms with Crippen LogP contribution >= 0.6 is 11.6 Å². The standard InChI is InChI=1S/C28H37ClN2O3/c1-18-13-19-7-5-4-6-8-23-24(28(33)30-17-25(19)26(32)14-18)15-20(29)16-27(23)34-22-11-9-21(10-12-22)31(2)3/h13,15-16,21-22H,4-12,14,17H2,1-3H3,(H,30,33). The largest absolute Gasteiger partial charge is 0.490 e. The molecule has 1 aliphatic heterocycles. The molecule has 0 spiro atoms. The van der Waals surface area contributed by atoms with E-state index in [-0.39, 0.29) is 24.3 Å². The number of ether oxygens (including phenoxy) is 1. The quantitative estimate of drug-likeness (QED) is 0.602. The van der Waals surface area contributed by atoms with E-state index >= 15 is 0 Å². The van der Waals surface area contributed by atoms with E-state index in [0.29, 0.717) is 23.0 Å². The maximum Gasteiger partial charge on any atom is 0.252 e. The van der Waals surface area contributed by atoms with Gasteiger partial charge < -0.3 is 15.0 Å². The number of nitrogens with zero attached hydrogens (tertiary/aromatic N) is 1. The smallest absolute Gasteiger partial charge is 0.252 e. The number of benzene rings is 1. The number of fused-ring (bicyclic) bond motifs is 1. The first-order valence-electron chi connectivity index (χ1n) is 12.7. The fourth-order valence-corrected chi connectivity index (χ4v) is 5.71. The van der Waals surface area contributed by atoms with Crippen molar-refractivity contribution in [3.63, 3.8) is 0 Å². The van der Waals surface area contributed by atoms with Gasteiger partial charge in [0.25, 0.3) is 5.91 Å². The van der Waals surface area contributed by atoms with Gasteiger partial charge in [-0.05, 0) is 90.1 Å². The van der Waals surface area contributed by atoms with E-state index in [1.54, 1.807) is 6.07 Å². The molecule has 0 saturated heterocycles. The van der Waals surface area contributed by atoms with Gasteiger partial charge in [-0.1, -0.05) is 29.7 Å². The highest BCUT2D eigenvalue weighted by Crippen LogP contribution is 2.34. The highest BCUT2D eigenvalue weighted by atomic mass is 35.5. The van der Waals surface area contributed by atoms with Crippen LogP contribution in [0.4, 0.5) is 0 Å². The van der Waals surface area contributed by atoms with Crippen LogP contribution in [0.1, 0.15) is 80.6 Å². The van der Waals surface area contributed by atoms with E-state index < -0.39 is 0 Å². The van der Waals surface area contributed by atoms with Gasteiger partial charge in [-0.3, -0.25) is 9.59 Å². The summed E-state index contributed by atoms with van der Waals surface area (Å²) in [4.78, 5) is 28.3. The lowest BCUT2D eigenvalue weighted by atomic mass is 9.88. The van der Waals surface area contributed by atoms with Crippen molar-refractivity contribution in [3.8, 4) is 5.75 Å². The molecule has 34 heavy (non-hydrogen) atoms. The molecule has 1 saturated carbocycles. The Morgan fingerprint density at radius 3 is 2.50 bits per heavy atom. The van der Waals surface area contributed by atoms with Gasteiger partial charge in [0, 0.05) is 40.7 Å². The highest BCUT2D eigenvalue weighted by Gasteiger charge is 2.27. The van der Waals surface area contributed by atoms with Gasteiger partial charge in [0.2, 0.25) is 0 Å². The van der Waals surface area contributed by atoms with Crippen LogP contribution in [0.2, 0.25) is 5.02 Å². The van der Waals surface area contributed by atoms with Crippen LogP contribution in [0.3, 0.4) is 0 Å². The molecule has 0 bridgehead atoms. The van der Waals surface area contributed by atoms with Crippen molar-refractivity contribution in [3.05, 3.63) is 51.1 Å². The molecule has 1 N–H and O–H groups in total. The van der Waals surface area contributed by atoms with Crippen LogP contribution < -0.4 is 10.1 Å². The molecular weight excluding hydrogens is 448 g/mol. The number of hydrogen-bond acceptors (Lipinski definition) is 4. The summed E-state index contributed by atoms with van der Waals surface area (Å²) in [6.45, 7) is 2.26. The topological polar surface area (TPSA) is 58.6 Å². The predicted octanol–water partition coefficient (Wildman–Crippen LogP) is 5.65.